The summed E-state index contributed by atoms with van der Waals surface area (Å²) in [5.74, 6) is 0.764. The number of amides is 1. The van der Waals surface area contributed by atoms with Gasteiger partial charge in [-0.25, -0.2) is 4.98 Å². The summed E-state index contributed by atoms with van der Waals surface area (Å²) in [6.07, 6.45) is 0.798. The minimum atomic E-state index is -0.269. The highest BCUT2D eigenvalue weighted by molar-refractivity contribution is 8.00. The Hall–Kier alpha value is -2.02. The zero-order chi connectivity index (χ0) is 16.1. The number of thioether (sulfide) groups is 1. The van der Waals surface area contributed by atoms with Crippen molar-refractivity contribution in [2.24, 2.45) is 0 Å². The molecule has 1 aromatic heterocycles. The minimum Gasteiger partial charge on any atom is -0.378 e. The number of H-pyrrole nitrogens is 1. The molecule has 1 atom stereocenters. The number of hydrogen-bond donors (Lipinski definition) is 2. The first-order valence-electron chi connectivity index (χ1n) is 7.15. The molecule has 1 aromatic carbocycles. The fourth-order valence-electron chi connectivity index (χ4n) is 1.79. The molecule has 0 aliphatic rings. The molecule has 0 aliphatic carbocycles. The zero-order valence-electron chi connectivity index (χ0n) is 13.3. The Labute approximate surface area is 134 Å². The molecule has 2 aromatic rings. The van der Waals surface area contributed by atoms with Crippen molar-refractivity contribution in [3.63, 3.8) is 0 Å². The molecule has 7 heteroatoms. The third-order valence-corrected chi connectivity index (χ3v) is 4.11. The molecule has 1 heterocycles. The number of aromatic amines is 1. The summed E-state index contributed by atoms with van der Waals surface area (Å²) in [4.78, 5) is 18.5. The Bertz CT molecular complexity index is 623. The molecule has 0 radical (unpaired) electrons. The number of nitrogens with one attached hydrogen (secondary N) is 2. The number of anilines is 2. The maximum Gasteiger partial charge on any atom is 0.237 e. The van der Waals surface area contributed by atoms with Crippen LogP contribution in [0.3, 0.4) is 0 Å². The smallest absolute Gasteiger partial charge is 0.237 e. The van der Waals surface area contributed by atoms with Gasteiger partial charge in [0.05, 0.1) is 5.25 Å². The van der Waals surface area contributed by atoms with Crippen LogP contribution in [-0.2, 0) is 11.2 Å². The highest BCUT2D eigenvalue weighted by Crippen LogP contribution is 2.21. The Morgan fingerprint density at radius 2 is 2.05 bits per heavy atom. The first kappa shape index (κ1) is 16.4. The lowest BCUT2D eigenvalue weighted by atomic mass is 10.2. The van der Waals surface area contributed by atoms with E-state index in [0.29, 0.717) is 5.16 Å². The van der Waals surface area contributed by atoms with E-state index in [2.05, 4.69) is 20.5 Å². The van der Waals surface area contributed by atoms with Crippen LogP contribution < -0.4 is 10.2 Å². The summed E-state index contributed by atoms with van der Waals surface area (Å²) in [7, 11) is 3.96. The van der Waals surface area contributed by atoms with Gasteiger partial charge in [0, 0.05) is 31.9 Å². The molecule has 0 fully saturated rings. The van der Waals surface area contributed by atoms with Gasteiger partial charge in [-0.1, -0.05) is 18.7 Å². The number of aromatic nitrogens is 3. The van der Waals surface area contributed by atoms with Gasteiger partial charge in [0.2, 0.25) is 11.1 Å². The van der Waals surface area contributed by atoms with Crippen LogP contribution in [0, 0.1) is 0 Å². The summed E-state index contributed by atoms with van der Waals surface area (Å²) < 4.78 is 0. The summed E-state index contributed by atoms with van der Waals surface area (Å²) in [6, 6.07) is 7.73. The van der Waals surface area contributed by atoms with Crippen molar-refractivity contribution in [2.75, 3.05) is 24.3 Å². The first-order chi connectivity index (χ1) is 10.5. The van der Waals surface area contributed by atoms with Crippen molar-refractivity contribution in [2.45, 2.75) is 30.7 Å². The molecule has 22 heavy (non-hydrogen) atoms. The Morgan fingerprint density at radius 1 is 1.36 bits per heavy atom. The third-order valence-electron chi connectivity index (χ3n) is 3.15. The Morgan fingerprint density at radius 3 is 2.59 bits per heavy atom. The van der Waals surface area contributed by atoms with Crippen LogP contribution in [0.2, 0.25) is 0 Å². The van der Waals surface area contributed by atoms with E-state index in [-0.39, 0.29) is 11.2 Å². The molecule has 6 nitrogen and oxygen atoms in total. The molecular weight excluding hydrogens is 298 g/mol. The third kappa shape index (κ3) is 4.24. The van der Waals surface area contributed by atoms with Gasteiger partial charge in [-0.05, 0) is 31.2 Å². The van der Waals surface area contributed by atoms with E-state index in [0.717, 1.165) is 23.6 Å². The lowest BCUT2D eigenvalue weighted by molar-refractivity contribution is -0.115. The number of carbonyl (C=O) groups is 1. The second kappa shape index (κ2) is 7.31. The van der Waals surface area contributed by atoms with Crippen LogP contribution in [0.25, 0.3) is 0 Å². The molecule has 0 saturated carbocycles. The molecule has 0 saturated heterocycles. The summed E-state index contributed by atoms with van der Waals surface area (Å²) in [5, 5.41) is 10.2. The van der Waals surface area contributed by atoms with E-state index in [1.54, 1.807) is 0 Å². The van der Waals surface area contributed by atoms with E-state index < -0.39 is 0 Å². The van der Waals surface area contributed by atoms with E-state index in [1.807, 2.05) is 57.1 Å². The molecule has 0 bridgehead atoms. The number of aryl methyl sites for hydroxylation is 1. The van der Waals surface area contributed by atoms with E-state index >= 15 is 0 Å². The van der Waals surface area contributed by atoms with Crippen molar-refractivity contribution in [3.05, 3.63) is 30.1 Å². The lowest BCUT2D eigenvalue weighted by Crippen LogP contribution is -2.22. The van der Waals surface area contributed by atoms with Crippen LogP contribution in [0.15, 0.2) is 29.4 Å². The van der Waals surface area contributed by atoms with Crippen molar-refractivity contribution in [3.8, 4) is 0 Å². The number of benzene rings is 1. The fraction of sp³-hybridized carbons (Fsp3) is 0.400. The second-order valence-corrected chi connectivity index (χ2v) is 6.42. The molecular formula is C15H21N5OS. The van der Waals surface area contributed by atoms with Gasteiger partial charge in [0.25, 0.3) is 0 Å². The predicted octanol–water partition coefficient (Wildman–Crippen LogP) is 2.55. The zero-order valence-corrected chi connectivity index (χ0v) is 14.1. The highest BCUT2D eigenvalue weighted by Gasteiger charge is 2.17. The molecule has 1 amide bonds. The number of carbonyl (C=O) groups excluding carboxylic acids is 1. The Balaban J connectivity index is 1.93. The van der Waals surface area contributed by atoms with Gasteiger partial charge >= 0.3 is 0 Å². The topological polar surface area (TPSA) is 73.9 Å². The molecule has 2 rings (SSSR count). The van der Waals surface area contributed by atoms with Gasteiger partial charge < -0.3 is 10.2 Å². The SMILES string of the molecule is CCc1nc(SC(C)C(=O)Nc2ccc(N(C)C)cc2)n[nH]1. The highest BCUT2D eigenvalue weighted by atomic mass is 32.2. The van der Waals surface area contributed by atoms with Crippen molar-refractivity contribution < 1.29 is 4.79 Å². The fourth-order valence-corrected chi connectivity index (χ4v) is 2.53. The number of nitrogens with zero attached hydrogens (tertiary/aromatic N) is 3. The molecule has 118 valence electrons. The van der Waals surface area contributed by atoms with E-state index in [9.17, 15) is 4.79 Å². The average Bonchev–Trinajstić information content (AvgIpc) is 2.95. The molecule has 2 N–H and O–H groups in total. The van der Waals surface area contributed by atoms with Gasteiger partial charge in [-0.3, -0.25) is 9.89 Å². The molecule has 0 aliphatic heterocycles. The largest absolute Gasteiger partial charge is 0.378 e. The number of rotatable bonds is 6. The normalized spacial score (nSPS) is 12.0. The van der Waals surface area contributed by atoms with Crippen LogP contribution in [0.5, 0.6) is 0 Å². The quantitative estimate of drug-likeness (QED) is 0.801. The van der Waals surface area contributed by atoms with E-state index in [1.165, 1.54) is 11.8 Å². The van der Waals surface area contributed by atoms with Crippen molar-refractivity contribution in [1.82, 2.24) is 15.2 Å². The van der Waals surface area contributed by atoms with Crippen LogP contribution >= 0.6 is 11.8 Å². The number of hydrogen-bond acceptors (Lipinski definition) is 5. The van der Waals surface area contributed by atoms with Crippen molar-refractivity contribution in [1.29, 1.82) is 0 Å². The van der Waals surface area contributed by atoms with Gasteiger partial charge in [-0.15, -0.1) is 5.10 Å². The standard InChI is InChI=1S/C15H21N5OS/c1-5-13-17-15(19-18-13)22-10(2)14(21)16-11-6-8-12(9-7-11)20(3)4/h6-10H,5H2,1-4H3,(H,16,21)(H,17,18,19). The van der Waals surface area contributed by atoms with Crippen LogP contribution in [0.4, 0.5) is 11.4 Å². The monoisotopic (exact) mass is 319 g/mol. The van der Waals surface area contributed by atoms with Gasteiger partial charge in [-0.2, -0.15) is 0 Å². The average molecular weight is 319 g/mol. The van der Waals surface area contributed by atoms with Crippen LogP contribution in [-0.4, -0.2) is 40.4 Å². The first-order valence-corrected chi connectivity index (χ1v) is 8.03. The maximum atomic E-state index is 12.2. The van der Waals surface area contributed by atoms with E-state index in [4.69, 9.17) is 0 Å². The molecule has 0 spiro atoms. The maximum absolute atomic E-state index is 12.2. The minimum absolute atomic E-state index is 0.0644. The summed E-state index contributed by atoms with van der Waals surface area (Å²) >= 11 is 1.34. The van der Waals surface area contributed by atoms with Crippen LogP contribution in [0.1, 0.15) is 19.7 Å². The lowest BCUT2D eigenvalue weighted by Gasteiger charge is -2.14. The predicted molar refractivity (Wildman–Crippen MR) is 90.5 cm³/mol. The summed E-state index contributed by atoms with van der Waals surface area (Å²) in [6.45, 7) is 3.85. The van der Waals surface area contributed by atoms with Crippen molar-refractivity contribution >= 4 is 29.0 Å². The van der Waals surface area contributed by atoms with Gasteiger partial charge in [0.1, 0.15) is 5.82 Å². The molecule has 1 unspecified atom stereocenters. The summed E-state index contributed by atoms with van der Waals surface area (Å²) in [5.41, 5.74) is 1.88. The Kier molecular flexibility index (Phi) is 5.43. The van der Waals surface area contributed by atoms with Gasteiger partial charge in [0.15, 0.2) is 0 Å². The second-order valence-electron chi connectivity index (χ2n) is 5.11.